The van der Waals surface area contributed by atoms with E-state index < -0.39 is 0 Å². The molecule has 2 aromatic carbocycles. The molecule has 3 nitrogen and oxygen atoms in total. The van der Waals surface area contributed by atoms with Crippen LogP contribution in [0.1, 0.15) is 37.3 Å². The Hall–Kier alpha value is -1.85. The Bertz CT molecular complexity index is 906. The minimum atomic E-state index is -0.211. The molecular weight excluding hydrogens is 369 g/mol. The lowest BCUT2D eigenvalue weighted by Gasteiger charge is -2.17. The van der Waals surface area contributed by atoms with Crippen molar-refractivity contribution in [2.45, 2.75) is 42.6 Å². The van der Waals surface area contributed by atoms with E-state index in [0.717, 1.165) is 34.9 Å². The lowest BCUT2D eigenvalue weighted by molar-refractivity contribution is 0.485. The van der Waals surface area contributed by atoms with Crippen molar-refractivity contribution >= 4 is 23.4 Å². The monoisotopic (exact) mass is 387 g/mol. The summed E-state index contributed by atoms with van der Waals surface area (Å²) < 4.78 is 15.7. The number of hydrogen-bond donors (Lipinski definition) is 0. The van der Waals surface area contributed by atoms with E-state index >= 15 is 0 Å². The summed E-state index contributed by atoms with van der Waals surface area (Å²) in [7, 11) is 0. The van der Waals surface area contributed by atoms with Crippen LogP contribution < -0.4 is 0 Å². The molecule has 0 aliphatic heterocycles. The number of aromatic nitrogens is 3. The number of hydrogen-bond acceptors (Lipinski definition) is 3. The minimum absolute atomic E-state index is 0.211. The maximum absolute atomic E-state index is 13.4. The van der Waals surface area contributed by atoms with Gasteiger partial charge in [0.15, 0.2) is 11.0 Å². The summed E-state index contributed by atoms with van der Waals surface area (Å²) in [5.74, 6) is 1.27. The molecule has 0 saturated heterocycles. The van der Waals surface area contributed by atoms with Crippen LogP contribution in [-0.2, 0) is 5.75 Å². The van der Waals surface area contributed by atoms with Gasteiger partial charge in [-0.2, -0.15) is 0 Å². The average molecular weight is 388 g/mol. The van der Waals surface area contributed by atoms with Crippen LogP contribution in [0.3, 0.4) is 0 Å². The van der Waals surface area contributed by atoms with E-state index in [9.17, 15) is 4.39 Å². The first-order chi connectivity index (χ1) is 12.7. The molecule has 3 aromatic rings. The predicted molar refractivity (Wildman–Crippen MR) is 104 cm³/mol. The Morgan fingerprint density at radius 1 is 1.08 bits per heavy atom. The van der Waals surface area contributed by atoms with Crippen LogP contribution in [0.4, 0.5) is 4.39 Å². The highest BCUT2D eigenvalue weighted by Gasteiger charge is 2.25. The lowest BCUT2D eigenvalue weighted by Crippen LogP contribution is -2.08. The molecule has 0 N–H and O–H groups in total. The van der Waals surface area contributed by atoms with Gasteiger partial charge in [0.05, 0.1) is 5.02 Å². The van der Waals surface area contributed by atoms with Crippen LogP contribution in [-0.4, -0.2) is 14.8 Å². The molecule has 6 heteroatoms. The highest BCUT2D eigenvalue weighted by Crippen LogP contribution is 2.38. The largest absolute Gasteiger partial charge is 0.299 e. The summed E-state index contributed by atoms with van der Waals surface area (Å²) in [4.78, 5) is 0. The van der Waals surface area contributed by atoms with Gasteiger partial charge < -0.3 is 0 Å². The molecule has 0 atom stereocenters. The number of thioether (sulfide) groups is 1. The minimum Gasteiger partial charge on any atom is -0.299 e. The van der Waals surface area contributed by atoms with Crippen molar-refractivity contribution in [3.8, 4) is 11.4 Å². The van der Waals surface area contributed by atoms with Crippen LogP contribution in [0.5, 0.6) is 0 Å². The van der Waals surface area contributed by atoms with Crippen LogP contribution in [0.2, 0.25) is 5.02 Å². The first kappa shape index (κ1) is 17.6. The highest BCUT2D eigenvalue weighted by molar-refractivity contribution is 7.98. The number of nitrogens with zero attached hydrogens (tertiary/aromatic N) is 3. The third-order valence-electron chi connectivity index (χ3n) is 4.73. The number of halogens is 2. The fourth-order valence-electron chi connectivity index (χ4n) is 3.47. The van der Waals surface area contributed by atoms with Gasteiger partial charge in [0, 0.05) is 17.4 Å². The van der Waals surface area contributed by atoms with E-state index in [2.05, 4.69) is 14.8 Å². The van der Waals surface area contributed by atoms with E-state index in [1.54, 1.807) is 23.9 Å². The summed E-state index contributed by atoms with van der Waals surface area (Å²) >= 11 is 8.00. The first-order valence-corrected chi connectivity index (χ1v) is 10.2. The third-order valence-corrected chi connectivity index (χ3v) is 6.07. The van der Waals surface area contributed by atoms with Crippen molar-refractivity contribution in [1.82, 2.24) is 14.8 Å². The van der Waals surface area contributed by atoms with Crippen molar-refractivity contribution in [3.05, 3.63) is 64.9 Å². The second-order valence-electron chi connectivity index (χ2n) is 6.51. The highest BCUT2D eigenvalue weighted by atomic mass is 35.5. The van der Waals surface area contributed by atoms with Crippen LogP contribution in [0, 0.1) is 5.82 Å². The fourth-order valence-corrected chi connectivity index (χ4v) is 4.64. The number of benzene rings is 2. The van der Waals surface area contributed by atoms with E-state index in [4.69, 9.17) is 11.6 Å². The Morgan fingerprint density at radius 3 is 2.65 bits per heavy atom. The van der Waals surface area contributed by atoms with Gasteiger partial charge in [-0.25, -0.2) is 4.39 Å². The van der Waals surface area contributed by atoms with Crippen molar-refractivity contribution in [2.24, 2.45) is 0 Å². The molecule has 1 heterocycles. The molecule has 1 aromatic heterocycles. The molecule has 0 amide bonds. The summed E-state index contributed by atoms with van der Waals surface area (Å²) in [6, 6.07) is 14.8. The standard InChI is InChI=1S/C20H19ClFN3S/c21-18-11-4-3-10-17(18)19-23-24-20(25(19)16-8-1-2-9-16)26-13-14-6-5-7-15(22)12-14/h3-7,10-12,16H,1-2,8-9,13H2. The topological polar surface area (TPSA) is 30.7 Å². The quantitative estimate of drug-likeness (QED) is 0.492. The van der Waals surface area contributed by atoms with Crippen LogP contribution >= 0.6 is 23.4 Å². The summed E-state index contributed by atoms with van der Waals surface area (Å²) in [6.07, 6.45) is 4.70. The molecule has 134 valence electrons. The smallest absolute Gasteiger partial charge is 0.192 e. The Labute approximate surface area is 161 Å². The van der Waals surface area contributed by atoms with Crippen molar-refractivity contribution in [1.29, 1.82) is 0 Å². The molecule has 0 bridgehead atoms. The van der Waals surface area contributed by atoms with E-state index in [0.29, 0.717) is 16.8 Å². The van der Waals surface area contributed by atoms with Gasteiger partial charge in [-0.1, -0.05) is 60.5 Å². The molecule has 0 spiro atoms. The molecule has 26 heavy (non-hydrogen) atoms. The van der Waals surface area contributed by atoms with Gasteiger partial charge in [-0.3, -0.25) is 4.57 Å². The predicted octanol–water partition coefficient (Wildman–Crippen LogP) is 6.15. The molecule has 0 radical (unpaired) electrons. The summed E-state index contributed by atoms with van der Waals surface area (Å²) in [6.45, 7) is 0. The van der Waals surface area contributed by atoms with Gasteiger partial charge >= 0.3 is 0 Å². The summed E-state index contributed by atoms with van der Waals surface area (Å²) in [5.41, 5.74) is 1.85. The second-order valence-corrected chi connectivity index (χ2v) is 7.86. The molecule has 0 unspecified atom stereocenters. The van der Waals surface area contributed by atoms with E-state index in [1.807, 2.05) is 30.3 Å². The first-order valence-electron chi connectivity index (χ1n) is 8.79. The van der Waals surface area contributed by atoms with Gasteiger partial charge in [0.1, 0.15) is 5.82 Å². The zero-order valence-electron chi connectivity index (χ0n) is 14.2. The maximum Gasteiger partial charge on any atom is 0.192 e. The van der Waals surface area contributed by atoms with Crippen molar-refractivity contribution in [2.75, 3.05) is 0 Å². The summed E-state index contributed by atoms with van der Waals surface area (Å²) in [5, 5.41) is 10.4. The van der Waals surface area contributed by atoms with Gasteiger partial charge in [-0.05, 0) is 42.7 Å². The Balaban J connectivity index is 1.67. The normalized spacial score (nSPS) is 14.8. The average Bonchev–Trinajstić information content (AvgIpc) is 3.30. The van der Waals surface area contributed by atoms with Gasteiger partial charge in [-0.15, -0.1) is 10.2 Å². The Morgan fingerprint density at radius 2 is 1.88 bits per heavy atom. The number of rotatable bonds is 5. The van der Waals surface area contributed by atoms with Crippen molar-refractivity contribution < 1.29 is 4.39 Å². The maximum atomic E-state index is 13.4. The lowest BCUT2D eigenvalue weighted by atomic mass is 10.2. The van der Waals surface area contributed by atoms with Crippen LogP contribution in [0.15, 0.2) is 53.7 Å². The second kappa shape index (κ2) is 7.80. The zero-order chi connectivity index (χ0) is 17.9. The molecule has 1 aliphatic rings. The fraction of sp³-hybridized carbons (Fsp3) is 0.300. The van der Waals surface area contributed by atoms with E-state index in [-0.39, 0.29) is 5.82 Å². The zero-order valence-corrected chi connectivity index (χ0v) is 15.8. The molecular formula is C20H19ClFN3S. The molecule has 4 rings (SSSR count). The molecule has 1 saturated carbocycles. The van der Waals surface area contributed by atoms with Gasteiger partial charge in [0.25, 0.3) is 0 Å². The van der Waals surface area contributed by atoms with E-state index in [1.165, 1.54) is 18.9 Å². The van der Waals surface area contributed by atoms with Crippen molar-refractivity contribution in [3.63, 3.8) is 0 Å². The Kier molecular flexibility index (Phi) is 5.27. The molecule has 1 fully saturated rings. The molecule has 1 aliphatic carbocycles. The van der Waals surface area contributed by atoms with Gasteiger partial charge in [0.2, 0.25) is 0 Å². The third kappa shape index (κ3) is 3.64. The SMILES string of the molecule is Fc1cccc(CSc2nnc(-c3ccccc3Cl)n2C2CCCC2)c1. The van der Waals surface area contributed by atoms with Crippen LogP contribution in [0.25, 0.3) is 11.4 Å².